The molecule has 1 aliphatic rings. The molecule has 0 amide bonds. The first-order chi connectivity index (χ1) is 11.1. The van der Waals surface area contributed by atoms with Crippen molar-refractivity contribution in [2.75, 3.05) is 11.9 Å². The predicted molar refractivity (Wildman–Crippen MR) is 89.1 cm³/mol. The van der Waals surface area contributed by atoms with Gasteiger partial charge in [-0.15, -0.1) is 0 Å². The quantitative estimate of drug-likeness (QED) is 0.786. The van der Waals surface area contributed by atoms with Crippen LogP contribution in [0.15, 0.2) is 18.5 Å². The van der Waals surface area contributed by atoms with Gasteiger partial charge in [0, 0.05) is 17.8 Å². The van der Waals surface area contributed by atoms with E-state index in [0.717, 1.165) is 30.9 Å². The lowest BCUT2D eigenvalue weighted by Crippen LogP contribution is -2.40. The molecule has 0 aliphatic carbocycles. The molecule has 3 heterocycles. The Morgan fingerprint density at radius 1 is 1.30 bits per heavy atom. The van der Waals surface area contributed by atoms with Crippen LogP contribution in [0.3, 0.4) is 0 Å². The largest absolute Gasteiger partial charge is 0.473 e. The fourth-order valence-corrected chi connectivity index (χ4v) is 2.66. The summed E-state index contributed by atoms with van der Waals surface area (Å²) in [6, 6.07) is 2.45. The van der Waals surface area contributed by atoms with Crippen molar-refractivity contribution in [2.45, 2.75) is 51.7 Å². The van der Waals surface area contributed by atoms with Gasteiger partial charge in [-0.2, -0.15) is 10.1 Å². The molecule has 124 valence electrons. The van der Waals surface area contributed by atoms with Crippen molar-refractivity contribution in [1.82, 2.24) is 25.5 Å². The Balaban J connectivity index is 1.64. The van der Waals surface area contributed by atoms with Crippen molar-refractivity contribution in [3.63, 3.8) is 0 Å². The fraction of sp³-hybridized carbons (Fsp3) is 0.562. The van der Waals surface area contributed by atoms with Crippen LogP contribution in [-0.2, 0) is 0 Å². The zero-order chi connectivity index (χ0) is 16.2. The highest BCUT2D eigenvalue weighted by atomic mass is 16.5. The van der Waals surface area contributed by atoms with Gasteiger partial charge in [0.15, 0.2) is 11.6 Å². The minimum absolute atomic E-state index is 0.189. The Hall–Kier alpha value is -2.15. The topological polar surface area (TPSA) is 87.8 Å². The molecule has 1 aliphatic heterocycles. The average Bonchev–Trinajstić information content (AvgIpc) is 2.96. The van der Waals surface area contributed by atoms with Gasteiger partial charge in [-0.05, 0) is 32.2 Å². The summed E-state index contributed by atoms with van der Waals surface area (Å²) in [5, 5.41) is 13.8. The van der Waals surface area contributed by atoms with Gasteiger partial charge in [0.2, 0.25) is 5.88 Å². The zero-order valence-electron chi connectivity index (χ0n) is 13.8. The van der Waals surface area contributed by atoms with Crippen LogP contribution >= 0.6 is 0 Å². The van der Waals surface area contributed by atoms with E-state index in [4.69, 9.17) is 4.74 Å². The number of nitrogens with one attached hydrogen (secondary N) is 3. The van der Waals surface area contributed by atoms with Crippen LogP contribution in [0.4, 0.5) is 11.6 Å². The third-order valence-electron chi connectivity index (χ3n) is 3.95. The van der Waals surface area contributed by atoms with Crippen molar-refractivity contribution in [2.24, 2.45) is 0 Å². The van der Waals surface area contributed by atoms with Gasteiger partial charge in [0.25, 0.3) is 0 Å². The fourth-order valence-electron chi connectivity index (χ4n) is 2.66. The third kappa shape index (κ3) is 4.19. The molecule has 3 N–H and O–H groups in total. The minimum Gasteiger partial charge on any atom is -0.473 e. The lowest BCUT2D eigenvalue weighted by atomic mass is 10.0. The third-order valence-corrected chi connectivity index (χ3v) is 3.95. The molecule has 0 radical (unpaired) electrons. The molecule has 0 saturated carbocycles. The monoisotopic (exact) mass is 316 g/mol. The number of H-pyrrole nitrogens is 1. The molecule has 1 saturated heterocycles. The van der Waals surface area contributed by atoms with Crippen LogP contribution in [0, 0.1) is 0 Å². The van der Waals surface area contributed by atoms with Crippen molar-refractivity contribution in [3.8, 4) is 5.88 Å². The standard InChI is InChI=1S/C16H24N6O/c1-10(2)13-7-14(22-21-13)19-15-8-17-9-16(20-15)23-12-4-5-18-11(3)6-12/h7-12,18H,4-6H2,1-3H3,(H2,19,20,21,22). The van der Waals surface area contributed by atoms with E-state index in [9.17, 15) is 0 Å². The van der Waals surface area contributed by atoms with Gasteiger partial charge < -0.3 is 15.4 Å². The van der Waals surface area contributed by atoms with E-state index >= 15 is 0 Å². The van der Waals surface area contributed by atoms with E-state index in [1.54, 1.807) is 12.4 Å². The number of aromatic amines is 1. The molecule has 2 atom stereocenters. The van der Waals surface area contributed by atoms with Gasteiger partial charge in [-0.3, -0.25) is 10.1 Å². The second-order valence-electron chi connectivity index (χ2n) is 6.35. The summed E-state index contributed by atoms with van der Waals surface area (Å²) >= 11 is 0. The number of hydrogen-bond donors (Lipinski definition) is 3. The Morgan fingerprint density at radius 3 is 2.91 bits per heavy atom. The Bertz CT molecular complexity index is 641. The Kier molecular flexibility index (Phi) is 4.76. The van der Waals surface area contributed by atoms with Gasteiger partial charge in [0.05, 0.1) is 12.4 Å². The molecule has 7 nitrogen and oxygen atoms in total. The number of nitrogens with zero attached hydrogens (tertiary/aromatic N) is 3. The molecule has 7 heteroatoms. The molecule has 2 aromatic heterocycles. The molecule has 1 fully saturated rings. The molecule has 2 aromatic rings. The lowest BCUT2D eigenvalue weighted by molar-refractivity contribution is 0.138. The first-order valence-electron chi connectivity index (χ1n) is 8.14. The number of hydrogen-bond acceptors (Lipinski definition) is 6. The van der Waals surface area contributed by atoms with Gasteiger partial charge in [-0.1, -0.05) is 13.8 Å². The summed E-state index contributed by atoms with van der Waals surface area (Å²) in [6.07, 6.45) is 5.48. The summed E-state index contributed by atoms with van der Waals surface area (Å²) in [5.74, 6) is 2.32. The number of piperidine rings is 1. The van der Waals surface area contributed by atoms with E-state index < -0.39 is 0 Å². The maximum absolute atomic E-state index is 5.97. The number of ether oxygens (including phenoxy) is 1. The highest BCUT2D eigenvalue weighted by molar-refractivity contribution is 5.51. The zero-order valence-corrected chi connectivity index (χ0v) is 13.8. The first-order valence-corrected chi connectivity index (χ1v) is 8.14. The summed E-state index contributed by atoms with van der Waals surface area (Å²) in [4.78, 5) is 8.67. The van der Waals surface area contributed by atoms with Crippen LogP contribution < -0.4 is 15.4 Å². The maximum atomic E-state index is 5.97. The summed E-state index contributed by atoms with van der Waals surface area (Å²) < 4.78 is 5.97. The van der Waals surface area contributed by atoms with E-state index in [1.165, 1.54) is 0 Å². The number of rotatable bonds is 5. The first kappa shape index (κ1) is 15.7. The second kappa shape index (κ2) is 6.95. The maximum Gasteiger partial charge on any atom is 0.234 e. The predicted octanol–water partition coefficient (Wildman–Crippen LogP) is 2.59. The van der Waals surface area contributed by atoms with Crippen LogP contribution in [0.2, 0.25) is 0 Å². The van der Waals surface area contributed by atoms with Crippen molar-refractivity contribution >= 4 is 11.6 Å². The van der Waals surface area contributed by atoms with E-state index in [0.29, 0.717) is 23.7 Å². The Labute approximate surface area is 136 Å². The van der Waals surface area contributed by atoms with Gasteiger partial charge in [-0.25, -0.2) is 0 Å². The van der Waals surface area contributed by atoms with E-state index in [-0.39, 0.29) is 6.10 Å². The molecule has 23 heavy (non-hydrogen) atoms. The normalized spacial score (nSPS) is 21.4. The number of aromatic nitrogens is 4. The van der Waals surface area contributed by atoms with Crippen LogP contribution in [-0.4, -0.2) is 38.9 Å². The highest BCUT2D eigenvalue weighted by Gasteiger charge is 2.20. The van der Waals surface area contributed by atoms with Gasteiger partial charge in [0.1, 0.15) is 6.10 Å². The summed E-state index contributed by atoms with van der Waals surface area (Å²) in [5.41, 5.74) is 1.08. The van der Waals surface area contributed by atoms with Crippen LogP contribution in [0.25, 0.3) is 0 Å². The van der Waals surface area contributed by atoms with E-state index in [1.807, 2.05) is 6.07 Å². The molecular weight excluding hydrogens is 292 g/mol. The molecule has 0 aromatic carbocycles. The summed E-state index contributed by atoms with van der Waals surface area (Å²) in [6.45, 7) is 7.38. The smallest absolute Gasteiger partial charge is 0.234 e. The second-order valence-corrected chi connectivity index (χ2v) is 6.35. The van der Waals surface area contributed by atoms with Crippen molar-refractivity contribution < 1.29 is 4.74 Å². The van der Waals surface area contributed by atoms with Crippen LogP contribution in [0.1, 0.15) is 45.2 Å². The summed E-state index contributed by atoms with van der Waals surface area (Å²) in [7, 11) is 0. The van der Waals surface area contributed by atoms with E-state index in [2.05, 4.69) is 51.6 Å². The highest BCUT2D eigenvalue weighted by Crippen LogP contribution is 2.20. The Morgan fingerprint density at radius 2 is 2.17 bits per heavy atom. The van der Waals surface area contributed by atoms with Crippen molar-refractivity contribution in [3.05, 3.63) is 24.2 Å². The van der Waals surface area contributed by atoms with Crippen molar-refractivity contribution in [1.29, 1.82) is 0 Å². The molecule has 0 spiro atoms. The lowest BCUT2D eigenvalue weighted by Gasteiger charge is -2.28. The van der Waals surface area contributed by atoms with Gasteiger partial charge >= 0.3 is 0 Å². The molecule has 0 bridgehead atoms. The molecular formula is C16H24N6O. The SMILES string of the molecule is CC1CC(Oc2cncc(Nc3cc(C(C)C)[nH]n3)n2)CCN1. The molecule has 3 rings (SSSR count). The van der Waals surface area contributed by atoms with Crippen LogP contribution in [0.5, 0.6) is 5.88 Å². The molecule has 2 unspecified atom stereocenters. The minimum atomic E-state index is 0.189. The average molecular weight is 316 g/mol. The number of anilines is 2.